The maximum atomic E-state index is 12.4. The summed E-state index contributed by atoms with van der Waals surface area (Å²) in [5, 5.41) is 29.8. The summed E-state index contributed by atoms with van der Waals surface area (Å²) in [5.41, 5.74) is -0.0177. The largest absolute Gasteiger partial charge is 0.507 e. The van der Waals surface area contributed by atoms with Crippen LogP contribution in [0.1, 0.15) is 42.6 Å². The molecule has 1 aromatic rings. The summed E-state index contributed by atoms with van der Waals surface area (Å²) in [6, 6.07) is 0.981. The van der Waals surface area contributed by atoms with Crippen molar-refractivity contribution in [3.63, 3.8) is 0 Å². The second-order valence-corrected chi connectivity index (χ2v) is 5.81. The van der Waals surface area contributed by atoms with Crippen LogP contribution in [0.5, 0.6) is 11.5 Å². The Hall–Kier alpha value is -1.98. The van der Waals surface area contributed by atoms with E-state index in [2.05, 4.69) is 6.58 Å². The third kappa shape index (κ3) is 5.28. The topological polar surface area (TPSA) is 87.0 Å². The number of aliphatic hydroxyl groups excluding tert-OH is 1. The van der Waals surface area contributed by atoms with Gasteiger partial charge in [0, 0.05) is 18.9 Å². The number of carbonyl (C=O) groups excluding carboxylic acids is 1. The summed E-state index contributed by atoms with van der Waals surface area (Å²) in [7, 11) is 0. The zero-order valence-corrected chi connectivity index (χ0v) is 14.6. The Kier molecular flexibility index (Phi) is 7.82. The molecule has 5 nitrogen and oxygen atoms in total. The minimum Gasteiger partial charge on any atom is -0.507 e. The predicted molar refractivity (Wildman–Crippen MR) is 93.6 cm³/mol. The van der Waals surface area contributed by atoms with Gasteiger partial charge in [-0.2, -0.15) is 0 Å². The number of benzene rings is 1. The lowest BCUT2D eigenvalue weighted by Gasteiger charge is -2.17. The molecule has 24 heavy (non-hydrogen) atoms. The van der Waals surface area contributed by atoms with Crippen molar-refractivity contribution >= 4 is 17.6 Å². The van der Waals surface area contributed by atoms with Crippen LogP contribution in [0.2, 0.25) is 5.02 Å². The summed E-state index contributed by atoms with van der Waals surface area (Å²) in [5.74, 6) is -1.59. The average molecular weight is 355 g/mol. The van der Waals surface area contributed by atoms with Gasteiger partial charge < -0.3 is 20.1 Å². The summed E-state index contributed by atoms with van der Waals surface area (Å²) in [6.07, 6.45) is 4.75. The molecule has 3 N–H and O–H groups in total. The Morgan fingerprint density at radius 3 is 2.67 bits per heavy atom. The second-order valence-electron chi connectivity index (χ2n) is 5.43. The molecule has 0 spiro atoms. The van der Waals surface area contributed by atoms with Crippen molar-refractivity contribution in [2.75, 3.05) is 0 Å². The number of aliphatic hydroxyl groups is 1. The molecule has 0 radical (unpaired) electrons. The minimum atomic E-state index is -0.916. The van der Waals surface area contributed by atoms with Gasteiger partial charge in [-0.05, 0) is 18.9 Å². The summed E-state index contributed by atoms with van der Waals surface area (Å²) in [6.45, 7) is 7.18. The van der Waals surface area contributed by atoms with Gasteiger partial charge in [-0.15, -0.1) is 6.58 Å². The van der Waals surface area contributed by atoms with Gasteiger partial charge in [0.25, 0.3) is 0 Å². The van der Waals surface area contributed by atoms with Crippen molar-refractivity contribution in [1.82, 2.24) is 0 Å². The number of phenols is 2. The van der Waals surface area contributed by atoms with Crippen LogP contribution < -0.4 is 0 Å². The van der Waals surface area contributed by atoms with E-state index in [-0.39, 0.29) is 28.3 Å². The van der Waals surface area contributed by atoms with Crippen LogP contribution in [-0.2, 0) is 11.2 Å². The molecule has 0 saturated carbocycles. The van der Waals surface area contributed by atoms with Crippen LogP contribution in [0, 0.1) is 0 Å². The summed E-state index contributed by atoms with van der Waals surface area (Å²) < 4.78 is 5.25. The van der Waals surface area contributed by atoms with Gasteiger partial charge >= 0.3 is 5.97 Å². The van der Waals surface area contributed by atoms with Crippen LogP contribution in [-0.4, -0.2) is 33.5 Å². The van der Waals surface area contributed by atoms with Gasteiger partial charge in [-0.25, -0.2) is 4.79 Å². The summed E-state index contributed by atoms with van der Waals surface area (Å²) in [4.78, 5) is 12.4. The minimum absolute atomic E-state index is 0.0441. The fourth-order valence-electron chi connectivity index (χ4n) is 2.20. The monoisotopic (exact) mass is 354 g/mol. The van der Waals surface area contributed by atoms with E-state index in [1.807, 2.05) is 6.92 Å². The van der Waals surface area contributed by atoms with Crippen LogP contribution in [0.15, 0.2) is 30.9 Å². The number of aromatic hydroxyl groups is 2. The molecule has 6 heteroatoms. The molecule has 1 unspecified atom stereocenters. The molecule has 0 bridgehead atoms. The Labute approximate surface area is 146 Å². The van der Waals surface area contributed by atoms with Crippen molar-refractivity contribution in [3.05, 3.63) is 47.0 Å². The second kappa shape index (κ2) is 9.35. The van der Waals surface area contributed by atoms with Crippen LogP contribution >= 0.6 is 11.6 Å². The van der Waals surface area contributed by atoms with E-state index in [9.17, 15) is 20.1 Å². The smallest absolute Gasteiger partial charge is 0.342 e. The van der Waals surface area contributed by atoms with Crippen LogP contribution in [0.3, 0.4) is 0 Å². The van der Waals surface area contributed by atoms with Gasteiger partial charge in [0.05, 0.1) is 11.1 Å². The Bertz CT molecular complexity index is 624. The number of allylic oxidation sites excluding steroid dienone is 1. The maximum Gasteiger partial charge on any atom is 0.342 e. The Morgan fingerprint density at radius 1 is 1.42 bits per heavy atom. The standard InChI is InChI=1S/C18H23ClO5/c1-4-6-8-12(20)9-13-16(14(21)10-15(22)17(13)19)18(23)24-11(3)7-5-2/h5-6,8,10-12,20-22H,2,4,7,9H2,1,3H3/b8-6+/t11-,12?/m0/s1. The quantitative estimate of drug-likeness (QED) is 0.489. The summed E-state index contributed by atoms with van der Waals surface area (Å²) >= 11 is 6.07. The van der Waals surface area contributed by atoms with E-state index < -0.39 is 23.9 Å². The van der Waals surface area contributed by atoms with E-state index in [1.165, 1.54) is 0 Å². The zero-order valence-electron chi connectivity index (χ0n) is 13.8. The maximum absolute atomic E-state index is 12.4. The number of rotatable bonds is 8. The van der Waals surface area contributed by atoms with E-state index in [0.29, 0.717) is 6.42 Å². The van der Waals surface area contributed by atoms with E-state index in [0.717, 1.165) is 12.5 Å². The van der Waals surface area contributed by atoms with Crippen molar-refractivity contribution in [1.29, 1.82) is 0 Å². The third-order valence-corrected chi connectivity index (χ3v) is 3.76. The lowest BCUT2D eigenvalue weighted by atomic mass is 9.99. The highest BCUT2D eigenvalue weighted by Gasteiger charge is 2.25. The normalized spacial score (nSPS) is 13.7. The van der Waals surface area contributed by atoms with Gasteiger partial charge in [0.1, 0.15) is 23.2 Å². The molecule has 0 fully saturated rings. The number of hydrogen-bond donors (Lipinski definition) is 3. The molecule has 2 atom stereocenters. The lowest BCUT2D eigenvalue weighted by Crippen LogP contribution is -2.18. The first-order valence-electron chi connectivity index (χ1n) is 7.71. The predicted octanol–water partition coefficient (Wildman–Crippen LogP) is 3.74. The first-order valence-corrected chi connectivity index (χ1v) is 8.09. The van der Waals surface area contributed by atoms with Crippen LogP contribution in [0.25, 0.3) is 0 Å². The molecule has 132 valence electrons. The highest BCUT2D eigenvalue weighted by Crippen LogP contribution is 2.37. The average Bonchev–Trinajstić information content (AvgIpc) is 2.50. The first-order chi connectivity index (χ1) is 11.3. The number of ether oxygens (including phenoxy) is 1. The molecule has 0 aromatic heterocycles. The fraction of sp³-hybridized carbons (Fsp3) is 0.389. The zero-order chi connectivity index (χ0) is 18.3. The van der Waals surface area contributed by atoms with Crippen molar-refractivity contribution in [2.45, 2.75) is 45.3 Å². The molecule has 1 aromatic carbocycles. The molecule has 0 aliphatic rings. The molecular weight excluding hydrogens is 332 g/mol. The van der Waals surface area contributed by atoms with Crippen molar-refractivity contribution in [3.8, 4) is 11.5 Å². The molecular formula is C18H23ClO5. The van der Waals surface area contributed by atoms with Gasteiger partial charge in [0.15, 0.2) is 0 Å². The van der Waals surface area contributed by atoms with Crippen LogP contribution in [0.4, 0.5) is 0 Å². The number of hydrogen-bond acceptors (Lipinski definition) is 5. The van der Waals surface area contributed by atoms with Gasteiger partial charge in [-0.1, -0.05) is 36.8 Å². The lowest BCUT2D eigenvalue weighted by molar-refractivity contribution is 0.0343. The molecule has 0 amide bonds. The molecule has 1 rings (SSSR count). The van der Waals surface area contributed by atoms with E-state index in [4.69, 9.17) is 16.3 Å². The fourth-order valence-corrected chi connectivity index (χ4v) is 2.42. The SMILES string of the molecule is C=CC[C@H](C)OC(=O)c1c(O)cc(O)c(Cl)c1CC(O)/C=C/CC. The molecule has 0 aliphatic carbocycles. The number of halogens is 1. The first kappa shape index (κ1) is 20.1. The van der Waals surface area contributed by atoms with Crippen molar-refractivity contribution < 1.29 is 24.9 Å². The Balaban J connectivity index is 3.22. The number of carbonyl (C=O) groups is 1. The third-order valence-electron chi connectivity index (χ3n) is 3.34. The molecule has 0 aliphatic heterocycles. The van der Waals surface area contributed by atoms with E-state index >= 15 is 0 Å². The van der Waals surface area contributed by atoms with Gasteiger partial charge in [-0.3, -0.25) is 0 Å². The highest BCUT2D eigenvalue weighted by molar-refractivity contribution is 6.33. The molecule has 0 heterocycles. The van der Waals surface area contributed by atoms with E-state index in [1.54, 1.807) is 25.2 Å². The molecule has 0 saturated heterocycles. The number of phenolic OH excluding ortho intramolecular Hbond substituents is 2. The highest BCUT2D eigenvalue weighted by atomic mass is 35.5. The number of esters is 1. The van der Waals surface area contributed by atoms with Gasteiger partial charge in [0.2, 0.25) is 0 Å². The Morgan fingerprint density at radius 2 is 2.08 bits per heavy atom. The van der Waals surface area contributed by atoms with Crippen molar-refractivity contribution in [2.24, 2.45) is 0 Å².